The molecule has 3 rings (SSSR count). The molecule has 0 radical (unpaired) electrons. The number of rotatable bonds is 15. The molecule has 1 fully saturated rings. The molecule has 0 unspecified atom stereocenters. The van der Waals surface area contributed by atoms with Crippen LogP contribution in [0.4, 0.5) is 0 Å². The predicted octanol–water partition coefficient (Wildman–Crippen LogP) is 7.98. The monoisotopic (exact) mass is 502 g/mol. The Bertz CT molecular complexity index is 1030. The minimum atomic E-state index is -0.437. The standard InChI is InChI=1S/C34H46O3/c1-4-9-32(36)30-20-23-34(24-21-30,33(37)13-8-12-29-11-7-6-10-26(29)3)25-22-31(35)19-18-28-16-14-27(5-2)15-17-28/h6-7,10-11,14-17,30H,4-5,8-9,12-13,18-25H2,1-3H3. The van der Waals surface area contributed by atoms with Crippen LogP contribution < -0.4 is 0 Å². The van der Waals surface area contributed by atoms with Crippen LogP contribution in [0.15, 0.2) is 48.5 Å². The Morgan fingerprint density at radius 1 is 0.811 bits per heavy atom. The third-order valence-corrected chi connectivity index (χ3v) is 8.60. The fourth-order valence-electron chi connectivity index (χ4n) is 5.94. The van der Waals surface area contributed by atoms with E-state index >= 15 is 0 Å². The van der Waals surface area contributed by atoms with Crippen molar-refractivity contribution in [3.63, 3.8) is 0 Å². The molecule has 0 amide bonds. The molecule has 2 aromatic carbocycles. The lowest BCUT2D eigenvalue weighted by Gasteiger charge is -2.39. The molecule has 0 aliphatic heterocycles. The predicted molar refractivity (Wildman–Crippen MR) is 152 cm³/mol. The van der Waals surface area contributed by atoms with Gasteiger partial charge >= 0.3 is 0 Å². The molecule has 0 spiro atoms. The summed E-state index contributed by atoms with van der Waals surface area (Å²) in [7, 11) is 0. The summed E-state index contributed by atoms with van der Waals surface area (Å²) in [5.41, 5.74) is 4.65. The van der Waals surface area contributed by atoms with E-state index in [1.54, 1.807) is 0 Å². The molecule has 2 aromatic rings. The number of aryl methyl sites for hydroxylation is 4. The van der Waals surface area contributed by atoms with Gasteiger partial charge in [0.2, 0.25) is 0 Å². The molecule has 1 saturated carbocycles. The van der Waals surface area contributed by atoms with Crippen molar-refractivity contribution < 1.29 is 14.4 Å². The zero-order chi connectivity index (χ0) is 26.7. The highest BCUT2D eigenvalue weighted by molar-refractivity contribution is 5.87. The SMILES string of the molecule is CCCC(=O)C1CCC(CCC(=O)CCc2ccc(CC)cc2)(C(=O)CCCc2ccccc2C)CC1. The first kappa shape index (κ1) is 29.0. The van der Waals surface area contributed by atoms with Crippen molar-refractivity contribution in [2.75, 3.05) is 0 Å². The maximum atomic E-state index is 13.7. The summed E-state index contributed by atoms with van der Waals surface area (Å²) in [4.78, 5) is 39.1. The van der Waals surface area contributed by atoms with E-state index < -0.39 is 5.41 Å². The van der Waals surface area contributed by atoms with Gasteiger partial charge in [-0.05, 0) is 93.4 Å². The Balaban J connectivity index is 1.58. The first-order valence-corrected chi connectivity index (χ1v) is 14.6. The fourth-order valence-corrected chi connectivity index (χ4v) is 5.94. The maximum Gasteiger partial charge on any atom is 0.139 e. The third-order valence-electron chi connectivity index (χ3n) is 8.60. The molecular formula is C34H46O3. The lowest BCUT2D eigenvalue weighted by molar-refractivity contribution is -0.135. The van der Waals surface area contributed by atoms with Crippen molar-refractivity contribution in [1.82, 2.24) is 0 Å². The van der Waals surface area contributed by atoms with Gasteiger partial charge in [0.05, 0.1) is 0 Å². The number of ketones is 3. The minimum Gasteiger partial charge on any atom is -0.300 e. The molecule has 3 nitrogen and oxygen atoms in total. The van der Waals surface area contributed by atoms with Crippen LogP contribution in [0.25, 0.3) is 0 Å². The van der Waals surface area contributed by atoms with Gasteiger partial charge in [0.15, 0.2) is 0 Å². The summed E-state index contributed by atoms with van der Waals surface area (Å²) in [6.07, 6.45) is 10.3. The van der Waals surface area contributed by atoms with Crippen molar-refractivity contribution in [2.45, 2.75) is 111 Å². The first-order valence-electron chi connectivity index (χ1n) is 14.6. The summed E-state index contributed by atoms with van der Waals surface area (Å²) < 4.78 is 0. The summed E-state index contributed by atoms with van der Waals surface area (Å²) >= 11 is 0. The van der Waals surface area contributed by atoms with E-state index in [2.05, 4.69) is 62.4 Å². The zero-order valence-electron chi connectivity index (χ0n) is 23.3. The summed E-state index contributed by atoms with van der Waals surface area (Å²) in [5, 5.41) is 0. The average molecular weight is 503 g/mol. The van der Waals surface area contributed by atoms with E-state index in [1.165, 1.54) is 22.3 Å². The molecule has 0 aromatic heterocycles. The average Bonchev–Trinajstić information content (AvgIpc) is 2.92. The van der Waals surface area contributed by atoms with E-state index in [-0.39, 0.29) is 11.7 Å². The van der Waals surface area contributed by atoms with Gasteiger partial charge in [0.25, 0.3) is 0 Å². The second-order valence-corrected chi connectivity index (χ2v) is 11.2. The number of Topliss-reactive ketones (excluding diaryl/α,β-unsaturated/α-hetero) is 3. The normalized spacial score (nSPS) is 19.5. The van der Waals surface area contributed by atoms with Crippen LogP contribution in [0.2, 0.25) is 0 Å². The van der Waals surface area contributed by atoms with E-state index in [0.717, 1.165) is 57.8 Å². The van der Waals surface area contributed by atoms with Gasteiger partial charge in [-0.15, -0.1) is 0 Å². The molecule has 200 valence electrons. The molecular weight excluding hydrogens is 456 g/mol. The molecule has 0 N–H and O–H groups in total. The highest BCUT2D eigenvalue weighted by atomic mass is 16.1. The Labute approximate surface area is 224 Å². The topological polar surface area (TPSA) is 51.2 Å². The van der Waals surface area contributed by atoms with Gasteiger partial charge in [-0.2, -0.15) is 0 Å². The summed E-state index contributed by atoms with van der Waals surface area (Å²) in [6, 6.07) is 16.9. The van der Waals surface area contributed by atoms with Crippen LogP contribution in [0.5, 0.6) is 0 Å². The second kappa shape index (κ2) is 14.4. The Hall–Kier alpha value is -2.55. The number of carbonyl (C=O) groups excluding carboxylic acids is 3. The smallest absolute Gasteiger partial charge is 0.139 e. The molecule has 1 aliphatic carbocycles. The summed E-state index contributed by atoms with van der Waals surface area (Å²) in [6.45, 7) is 6.31. The molecule has 37 heavy (non-hydrogen) atoms. The Morgan fingerprint density at radius 3 is 2.14 bits per heavy atom. The summed E-state index contributed by atoms with van der Waals surface area (Å²) in [5.74, 6) is 1.00. The van der Waals surface area contributed by atoms with Crippen LogP contribution in [0, 0.1) is 18.3 Å². The molecule has 0 heterocycles. The highest BCUT2D eigenvalue weighted by Gasteiger charge is 2.42. The van der Waals surface area contributed by atoms with E-state index in [1.807, 2.05) is 6.92 Å². The van der Waals surface area contributed by atoms with Gasteiger partial charge in [0, 0.05) is 37.0 Å². The van der Waals surface area contributed by atoms with Gasteiger partial charge < -0.3 is 0 Å². The largest absolute Gasteiger partial charge is 0.300 e. The van der Waals surface area contributed by atoms with E-state index in [0.29, 0.717) is 43.7 Å². The van der Waals surface area contributed by atoms with Crippen molar-refractivity contribution in [3.05, 3.63) is 70.8 Å². The van der Waals surface area contributed by atoms with E-state index in [4.69, 9.17) is 0 Å². The third kappa shape index (κ3) is 8.48. The number of hydrogen-bond donors (Lipinski definition) is 0. The minimum absolute atomic E-state index is 0.0923. The molecule has 0 bridgehead atoms. The molecule has 0 atom stereocenters. The maximum absolute atomic E-state index is 13.7. The second-order valence-electron chi connectivity index (χ2n) is 11.2. The quantitative estimate of drug-likeness (QED) is 0.248. The van der Waals surface area contributed by atoms with Crippen LogP contribution in [-0.2, 0) is 33.6 Å². The van der Waals surface area contributed by atoms with Crippen molar-refractivity contribution >= 4 is 17.3 Å². The van der Waals surface area contributed by atoms with Crippen LogP contribution in [0.1, 0.15) is 107 Å². The molecule has 1 aliphatic rings. The zero-order valence-corrected chi connectivity index (χ0v) is 23.3. The van der Waals surface area contributed by atoms with Crippen LogP contribution in [-0.4, -0.2) is 17.3 Å². The van der Waals surface area contributed by atoms with Crippen molar-refractivity contribution in [1.29, 1.82) is 0 Å². The van der Waals surface area contributed by atoms with Gasteiger partial charge in [-0.25, -0.2) is 0 Å². The highest BCUT2D eigenvalue weighted by Crippen LogP contribution is 2.45. The van der Waals surface area contributed by atoms with Crippen LogP contribution in [0.3, 0.4) is 0 Å². The van der Waals surface area contributed by atoms with Crippen molar-refractivity contribution in [2.24, 2.45) is 11.3 Å². The van der Waals surface area contributed by atoms with Crippen molar-refractivity contribution in [3.8, 4) is 0 Å². The lowest BCUT2D eigenvalue weighted by Crippen LogP contribution is -2.37. The molecule has 0 saturated heterocycles. The van der Waals surface area contributed by atoms with Gasteiger partial charge in [-0.3, -0.25) is 14.4 Å². The Morgan fingerprint density at radius 2 is 1.49 bits per heavy atom. The Kier molecular flexibility index (Phi) is 11.3. The number of benzene rings is 2. The van der Waals surface area contributed by atoms with Crippen LogP contribution >= 0.6 is 0 Å². The van der Waals surface area contributed by atoms with E-state index in [9.17, 15) is 14.4 Å². The number of hydrogen-bond acceptors (Lipinski definition) is 3. The lowest BCUT2D eigenvalue weighted by atomic mass is 9.64. The number of carbonyl (C=O) groups is 3. The molecule has 3 heteroatoms. The first-order chi connectivity index (χ1) is 17.9. The fraction of sp³-hybridized carbons (Fsp3) is 0.559. The van der Waals surface area contributed by atoms with Gasteiger partial charge in [-0.1, -0.05) is 62.4 Å². The van der Waals surface area contributed by atoms with Gasteiger partial charge in [0.1, 0.15) is 17.3 Å².